The summed E-state index contributed by atoms with van der Waals surface area (Å²) in [5.41, 5.74) is -0.629. The van der Waals surface area contributed by atoms with Gasteiger partial charge in [-0.05, 0) is 19.8 Å². The van der Waals surface area contributed by atoms with Crippen LogP contribution in [0.1, 0.15) is 19.8 Å². The molecule has 94 valence electrons. The van der Waals surface area contributed by atoms with Gasteiger partial charge in [-0.2, -0.15) is 0 Å². The number of hydrogen-bond acceptors (Lipinski definition) is 4. The fraction of sp³-hybridized carbons (Fsp3) is 0.909. The van der Waals surface area contributed by atoms with Crippen LogP contribution in [-0.4, -0.2) is 61.4 Å². The Morgan fingerprint density at radius 3 is 2.94 bits per heavy atom. The molecular weight excluding hydrogens is 208 g/mol. The zero-order valence-corrected chi connectivity index (χ0v) is 10.2. The quantitative estimate of drug-likeness (QED) is 0.609. The number of ether oxygens (including phenoxy) is 1. The number of methoxy groups -OCH3 is 1. The molecule has 1 amide bonds. The first-order chi connectivity index (χ1) is 7.53. The Balaban J connectivity index is 2.11. The standard InChI is InChI=1S/C11H22N2O3/c1-11(15)4-6-13(9-11)8-10(14)12-5-3-7-16-2/h15H,3-9H2,1-2H3,(H,12,14). The first-order valence-electron chi connectivity index (χ1n) is 5.74. The maximum absolute atomic E-state index is 11.5. The van der Waals surface area contributed by atoms with Crippen molar-refractivity contribution in [2.45, 2.75) is 25.4 Å². The number of likely N-dealkylation sites (tertiary alicyclic amines) is 1. The minimum absolute atomic E-state index is 0.0220. The van der Waals surface area contributed by atoms with E-state index in [0.717, 1.165) is 19.4 Å². The molecule has 5 heteroatoms. The lowest BCUT2D eigenvalue weighted by Crippen LogP contribution is -2.38. The number of nitrogens with zero attached hydrogens (tertiary/aromatic N) is 1. The molecule has 1 rings (SSSR count). The maximum Gasteiger partial charge on any atom is 0.234 e. The number of carbonyl (C=O) groups excluding carboxylic acids is 1. The lowest BCUT2D eigenvalue weighted by atomic mass is 10.1. The molecule has 0 spiro atoms. The van der Waals surface area contributed by atoms with Crippen LogP contribution in [0.2, 0.25) is 0 Å². The van der Waals surface area contributed by atoms with Crippen molar-refractivity contribution in [2.24, 2.45) is 0 Å². The number of carbonyl (C=O) groups is 1. The molecule has 0 aromatic heterocycles. The van der Waals surface area contributed by atoms with Gasteiger partial charge in [-0.3, -0.25) is 9.69 Å². The summed E-state index contributed by atoms with van der Waals surface area (Å²) in [7, 11) is 1.65. The molecule has 1 unspecified atom stereocenters. The van der Waals surface area contributed by atoms with Gasteiger partial charge >= 0.3 is 0 Å². The molecule has 0 saturated carbocycles. The van der Waals surface area contributed by atoms with Gasteiger partial charge in [0, 0.05) is 33.4 Å². The van der Waals surface area contributed by atoms with E-state index in [1.807, 2.05) is 11.8 Å². The van der Waals surface area contributed by atoms with Crippen molar-refractivity contribution >= 4 is 5.91 Å². The number of amides is 1. The average Bonchev–Trinajstić information content (AvgIpc) is 2.53. The van der Waals surface area contributed by atoms with Gasteiger partial charge in [0.25, 0.3) is 0 Å². The zero-order chi connectivity index (χ0) is 12.0. The van der Waals surface area contributed by atoms with Crippen LogP contribution in [0.15, 0.2) is 0 Å². The van der Waals surface area contributed by atoms with Crippen LogP contribution in [-0.2, 0) is 9.53 Å². The molecule has 0 radical (unpaired) electrons. The van der Waals surface area contributed by atoms with Crippen LogP contribution in [0.3, 0.4) is 0 Å². The highest BCUT2D eigenvalue weighted by atomic mass is 16.5. The topological polar surface area (TPSA) is 61.8 Å². The second-order valence-corrected chi connectivity index (χ2v) is 4.65. The van der Waals surface area contributed by atoms with Crippen molar-refractivity contribution < 1.29 is 14.6 Å². The summed E-state index contributed by atoms with van der Waals surface area (Å²) in [6.07, 6.45) is 1.57. The molecule has 0 bridgehead atoms. The zero-order valence-electron chi connectivity index (χ0n) is 10.2. The third-order valence-corrected chi connectivity index (χ3v) is 2.75. The molecule has 0 aliphatic carbocycles. The largest absolute Gasteiger partial charge is 0.389 e. The van der Waals surface area contributed by atoms with Gasteiger partial charge in [0.15, 0.2) is 0 Å². The second kappa shape index (κ2) is 6.18. The van der Waals surface area contributed by atoms with E-state index in [-0.39, 0.29) is 5.91 Å². The molecule has 5 nitrogen and oxygen atoms in total. The van der Waals surface area contributed by atoms with Crippen molar-refractivity contribution in [3.63, 3.8) is 0 Å². The van der Waals surface area contributed by atoms with Crippen LogP contribution in [0.5, 0.6) is 0 Å². The molecule has 16 heavy (non-hydrogen) atoms. The molecule has 1 saturated heterocycles. The summed E-state index contributed by atoms with van der Waals surface area (Å²) in [5.74, 6) is 0.0220. The van der Waals surface area contributed by atoms with Crippen LogP contribution in [0, 0.1) is 0 Å². The molecule has 1 aliphatic heterocycles. The van der Waals surface area contributed by atoms with E-state index < -0.39 is 5.60 Å². The number of hydrogen-bond donors (Lipinski definition) is 2. The highest BCUT2D eigenvalue weighted by Crippen LogP contribution is 2.19. The fourth-order valence-corrected chi connectivity index (χ4v) is 1.88. The number of β-amino-alcohol motifs (C(OH)–C–C–N with tert-alkyl or cyclic N) is 1. The van der Waals surface area contributed by atoms with Gasteiger partial charge < -0.3 is 15.2 Å². The van der Waals surface area contributed by atoms with Crippen LogP contribution >= 0.6 is 0 Å². The Bertz CT molecular complexity index is 231. The molecular formula is C11H22N2O3. The molecule has 0 aromatic rings. The highest BCUT2D eigenvalue weighted by molar-refractivity contribution is 5.78. The number of nitrogens with one attached hydrogen (secondary N) is 1. The van der Waals surface area contributed by atoms with Gasteiger partial charge in [-0.1, -0.05) is 0 Å². The van der Waals surface area contributed by atoms with Crippen molar-refractivity contribution in [3.8, 4) is 0 Å². The molecule has 1 aliphatic rings. The average molecular weight is 230 g/mol. The predicted octanol–water partition coefficient (Wildman–Crippen LogP) is -0.404. The van der Waals surface area contributed by atoms with Gasteiger partial charge in [0.2, 0.25) is 5.91 Å². The summed E-state index contributed by atoms with van der Waals surface area (Å²) < 4.78 is 4.89. The minimum atomic E-state index is -0.629. The Morgan fingerprint density at radius 1 is 1.62 bits per heavy atom. The molecule has 0 aromatic carbocycles. The fourth-order valence-electron chi connectivity index (χ4n) is 1.88. The van der Waals surface area contributed by atoms with Crippen molar-refractivity contribution in [1.29, 1.82) is 0 Å². The van der Waals surface area contributed by atoms with E-state index in [9.17, 15) is 9.90 Å². The Morgan fingerprint density at radius 2 is 2.38 bits per heavy atom. The Kier molecular flexibility index (Phi) is 5.18. The van der Waals surface area contributed by atoms with E-state index >= 15 is 0 Å². The molecule has 1 fully saturated rings. The molecule has 1 atom stereocenters. The van der Waals surface area contributed by atoms with E-state index in [0.29, 0.717) is 26.2 Å². The normalized spacial score (nSPS) is 25.9. The third-order valence-electron chi connectivity index (χ3n) is 2.75. The molecule has 1 heterocycles. The smallest absolute Gasteiger partial charge is 0.234 e. The lowest BCUT2D eigenvalue weighted by Gasteiger charge is -2.18. The van der Waals surface area contributed by atoms with Gasteiger partial charge in [-0.15, -0.1) is 0 Å². The van der Waals surface area contributed by atoms with Crippen LogP contribution < -0.4 is 5.32 Å². The van der Waals surface area contributed by atoms with Crippen LogP contribution in [0.4, 0.5) is 0 Å². The van der Waals surface area contributed by atoms with Crippen molar-refractivity contribution in [3.05, 3.63) is 0 Å². The van der Waals surface area contributed by atoms with Gasteiger partial charge in [0.1, 0.15) is 0 Å². The van der Waals surface area contributed by atoms with Crippen LogP contribution in [0.25, 0.3) is 0 Å². The minimum Gasteiger partial charge on any atom is -0.389 e. The van der Waals surface area contributed by atoms with E-state index in [2.05, 4.69) is 5.32 Å². The predicted molar refractivity (Wildman–Crippen MR) is 61.2 cm³/mol. The second-order valence-electron chi connectivity index (χ2n) is 4.65. The summed E-state index contributed by atoms with van der Waals surface area (Å²) >= 11 is 0. The summed E-state index contributed by atoms with van der Waals surface area (Å²) in [5, 5.41) is 12.6. The van der Waals surface area contributed by atoms with Crippen molar-refractivity contribution in [1.82, 2.24) is 10.2 Å². The first kappa shape index (κ1) is 13.4. The number of aliphatic hydroxyl groups is 1. The molecule has 2 N–H and O–H groups in total. The van der Waals surface area contributed by atoms with E-state index in [1.54, 1.807) is 7.11 Å². The third kappa shape index (κ3) is 4.92. The van der Waals surface area contributed by atoms with Crippen molar-refractivity contribution in [2.75, 3.05) is 39.9 Å². The highest BCUT2D eigenvalue weighted by Gasteiger charge is 2.31. The lowest BCUT2D eigenvalue weighted by molar-refractivity contribution is -0.122. The first-order valence-corrected chi connectivity index (χ1v) is 5.74. The monoisotopic (exact) mass is 230 g/mol. The van der Waals surface area contributed by atoms with Gasteiger partial charge in [0.05, 0.1) is 12.1 Å². The van der Waals surface area contributed by atoms with E-state index in [1.165, 1.54) is 0 Å². The maximum atomic E-state index is 11.5. The van der Waals surface area contributed by atoms with Gasteiger partial charge in [-0.25, -0.2) is 0 Å². The summed E-state index contributed by atoms with van der Waals surface area (Å²) in [6.45, 7) is 4.87. The number of rotatable bonds is 6. The van der Waals surface area contributed by atoms with E-state index in [4.69, 9.17) is 4.74 Å². The summed E-state index contributed by atoms with van der Waals surface area (Å²) in [4.78, 5) is 13.5. The Labute approximate surface area is 96.8 Å². The SMILES string of the molecule is COCCCNC(=O)CN1CCC(C)(O)C1. The summed E-state index contributed by atoms with van der Waals surface area (Å²) in [6, 6.07) is 0. The Hall–Kier alpha value is -0.650.